The van der Waals surface area contributed by atoms with E-state index in [1.54, 1.807) is 0 Å². The number of carbonyl (C=O) groups excluding carboxylic acids is 1. The molecule has 0 saturated heterocycles. The standard InChI is InChI=1S/C9H20NOS.HI/c1-6-7-9(11)12-8(2)10(3,4)5;/h8H,6-7H2,1-5H3;1H/q+1;/p-1. The summed E-state index contributed by atoms with van der Waals surface area (Å²) in [7, 11) is 6.32. The number of thioether (sulfide) groups is 1. The van der Waals surface area contributed by atoms with Gasteiger partial charge in [-0.05, 0) is 25.1 Å². The first-order valence-electron chi connectivity index (χ1n) is 4.38. The fourth-order valence-corrected chi connectivity index (χ4v) is 1.63. The van der Waals surface area contributed by atoms with E-state index in [1.165, 1.54) is 11.8 Å². The van der Waals surface area contributed by atoms with Crippen LogP contribution in [0.1, 0.15) is 26.7 Å². The van der Waals surface area contributed by atoms with E-state index in [4.69, 9.17) is 0 Å². The largest absolute Gasteiger partial charge is 1.00 e. The molecule has 0 amide bonds. The smallest absolute Gasteiger partial charge is 0.194 e. The van der Waals surface area contributed by atoms with Crippen LogP contribution in [0.15, 0.2) is 0 Å². The zero-order chi connectivity index (χ0) is 9.78. The predicted octanol–water partition coefficient (Wildman–Crippen LogP) is -0.897. The Hall–Kier alpha value is 0.710. The number of rotatable bonds is 4. The molecule has 4 heteroatoms. The first kappa shape index (κ1) is 16.2. The van der Waals surface area contributed by atoms with Crippen LogP contribution in [-0.4, -0.2) is 36.1 Å². The average molecular weight is 317 g/mol. The van der Waals surface area contributed by atoms with Crippen molar-refractivity contribution in [1.29, 1.82) is 0 Å². The molecule has 13 heavy (non-hydrogen) atoms. The van der Waals surface area contributed by atoms with Crippen molar-refractivity contribution >= 4 is 16.9 Å². The van der Waals surface area contributed by atoms with Crippen molar-refractivity contribution in [3.63, 3.8) is 0 Å². The van der Waals surface area contributed by atoms with Gasteiger partial charge in [0, 0.05) is 6.42 Å². The summed E-state index contributed by atoms with van der Waals surface area (Å²) >= 11 is 1.46. The molecule has 1 unspecified atom stereocenters. The Kier molecular flexibility index (Phi) is 8.77. The van der Waals surface area contributed by atoms with Crippen LogP contribution >= 0.6 is 11.8 Å². The molecule has 0 spiro atoms. The van der Waals surface area contributed by atoms with Crippen molar-refractivity contribution in [3.8, 4) is 0 Å². The quantitative estimate of drug-likeness (QED) is 0.380. The molecule has 0 aromatic heterocycles. The summed E-state index contributed by atoms with van der Waals surface area (Å²) in [6.45, 7) is 4.13. The van der Waals surface area contributed by atoms with Gasteiger partial charge in [0.25, 0.3) is 0 Å². The minimum Gasteiger partial charge on any atom is -1.00 e. The van der Waals surface area contributed by atoms with E-state index in [2.05, 4.69) is 28.1 Å². The maximum Gasteiger partial charge on any atom is 0.194 e. The van der Waals surface area contributed by atoms with Crippen LogP contribution in [0.3, 0.4) is 0 Å². The average Bonchev–Trinajstić information content (AvgIpc) is 1.85. The molecule has 2 nitrogen and oxygen atoms in total. The second-order valence-electron chi connectivity index (χ2n) is 3.96. The van der Waals surface area contributed by atoms with Crippen molar-refractivity contribution in [3.05, 3.63) is 0 Å². The van der Waals surface area contributed by atoms with Gasteiger partial charge >= 0.3 is 0 Å². The van der Waals surface area contributed by atoms with Crippen LogP contribution in [0.2, 0.25) is 0 Å². The van der Waals surface area contributed by atoms with Gasteiger partial charge in [0.2, 0.25) is 0 Å². The van der Waals surface area contributed by atoms with Crippen LogP contribution in [0.5, 0.6) is 0 Å². The maximum absolute atomic E-state index is 11.3. The highest BCUT2D eigenvalue weighted by Gasteiger charge is 2.21. The van der Waals surface area contributed by atoms with Gasteiger partial charge in [0.05, 0.1) is 21.1 Å². The van der Waals surface area contributed by atoms with Gasteiger partial charge in [-0.1, -0.05) is 6.92 Å². The summed E-state index contributed by atoms with van der Waals surface area (Å²) in [5.74, 6) is 0. The number of halogens is 1. The topological polar surface area (TPSA) is 17.1 Å². The molecule has 0 aromatic rings. The highest BCUT2D eigenvalue weighted by molar-refractivity contribution is 8.13. The van der Waals surface area contributed by atoms with Gasteiger partial charge in [-0.2, -0.15) is 0 Å². The van der Waals surface area contributed by atoms with E-state index < -0.39 is 0 Å². The zero-order valence-corrected chi connectivity index (χ0v) is 12.1. The van der Waals surface area contributed by atoms with Crippen molar-refractivity contribution in [2.24, 2.45) is 0 Å². The minimum atomic E-state index is 0. The van der Waals surface area contributed by atoms with Crippen LogP contribution in [0.4, 0.5) is 0 Å². The zero-order valence-electron chi connectivity index (χ0n) is 9.13. The molecule has 1 atom stereocenters. The first-order chi connectivity index (χ1) is 5.38. The molecule has 80 valence electrons. The number of hydrogen-bond donors (Lipinski definition) is 0. The lowest BCUT2D eigenvalue weighted by atomic mass is 10.4. The van der Waals surface area contributed by atoms with E-state index in [1.807, 2.05) is 6.92 Å². The number of carbonyl (C=O) groups is 1. The van der Waals surface area contributed by atoms with Gasteiger partial charge < -0.3 is 28.5 Å². The summed E-state index contributed by atoms with van der Waals surface area (Å²) < 4.78 is 0.833. The molecule has 0 bridgehead atoms. The molecular weight excluding hydrogens is 297 g/mol. The van der Waals surface area contributed by atoms with E-state index in [0.29, 0.717) is 16.9 Å². The molecular formula is C9H20INOS. The van der Waals surface area contributed by atoms with Gasteiger partial charge in [-0.25, -0.2) is 0 Å². The van der Waals surface area contributed by atoms with Crippen LogP contribution in [-0.2, 0) is 4.79 Å². The second-order valence-corrected chi connectivity index (χ2v) is 5.33. The van der Waals surface area contributed by atoms with Crippen LogP contribution < -0.4 is 24.0 Å². The predicted molar refractivity (Wildman–Crippen MR) is 55.0 cm³/mol. The summed E-state index contributed by atoms with van der Waals surface area (Å²) in [5.41, 5.74) is 0. The Labute approximate surface area is 103 Å². The Morgan fingerprint density at radius 2 is 1.85 bits per heavy atom. The van der Waals surface area contributed by atoms with Crippen molar-refractivity contribution in [2.45, 2.75) is 32.1 Å². The van der Waals surface area contributed by atoms with Crippen molar-refractivity contribution in [2.75, 3.05) is 21.1 Å². The minimum absolute atomic E-state index is 0. The lowest BCUT2D eigenvalue weighted by Gasteiger charge is -2.30. The first-order valence-corrected chi connectivity index (χ1v) is 5.26. The highest BCUT2D eigenvalue weighted by Crippen LogP contribution is 2.20. The second kappa shape index (κ2) is 7.06. The van der Waals surface area contributed by atoms with Crippen molar-refractivity contribution < 1.29 is 33.3 Å². The molecule has 0 saturated carbocycles. The molecule has 0 fully saturated rings. The van der Waals surface area contributed by atoms with E-state index >= 15 is 0 Å². The Balaban J connectivity index is 0. The molecule has 0 rings (SSSR count). The van der Waals surface area contributed by atoms with Gasteiger partial charge in [-0.3, -0.25) is 4.79 Å². The van der Waals surface area contributed by atoms with Gasteiger partial charge in [-0.15, -0.1) is 0 Å². The lowest BCUT2D eigenvalue weighted by molar-refractivity contribution is -0.878. The molecule has 0 radical (unpaired) electrons. The fraction of sp³-hybridized carbons (Fsp3) is 0.889. The van der Waals surface area contributed by atoms with Crippen LogP contribution in [0, 0.1) is 0 Å². The molecule has 0 N–H and O–H groups in total. The molecule has 0 heterocycles. The number of quaternary nitrogens is 1. The molecule has 0 aliphatic carbocycles. The fourth-order valence-electron chi connectivity index (χ4n) is 0.611. The maximum atomic E-state index is 11.3. The normalized spacial score (nSPS) is 13.3. The summed E-state index contributed by atoms with van der Waals surface area (Å²) in [5, 5.41) is 0.669. The third-order valence-electron chi connectivity index (χ3n) is 1.85. The van der Waals surface area contributed by atoms with Gasteiger partial charge in [0.1, 0.15) is 5.37 Å². The molecule has 0 aromatic carbocycles. The Morgan fingerprint density at radius 1 is 1.38 bits per heavy atom. The third-order valence-corrected chi connectivity index (χ3v) is 3.29. The number of nitrogens with zero attached hydrogens (tertiary/aromatic N) is 1. The third kappa shape index (κ3) is 7.76. The SMILES string of the molecule is CCCC(=O)SC(C)[N+](C)(C)C.[I-]. The molecule has 0 aliphatic heterocycles. The van der Waals surface area contributed by atoms with E-state index in [-0.39, 0.29) is 24.0 Å². The summed E-state index contributed by atoms with van der Waals surface area (Å²) in [6.07, 6.45) is 1.66. The number of hydrogen-bond acceptors (Lipinski definition) is 2. The Morgan fingerprint density at radius 3 is 2.15 bits per heavy atom. The Bertz CT molecular complexity index is 156. The summed E-state index contributed by atoms with van der Waals surface area (Å²) in [4.78, 5) is 11.3. The summed E-state index contributed by atoms with van der Waals surface area (Å²) in [6, 6.07) is 0. The lowest BCUT2D eigenvalue weighted by Crippen LogP contribution is -3.00. The molecule has 0 aliphatic rings. The van der Waals surface area contributed by atoms with E-state index in [9.17, 15) is 4.79 Å². The van der Waals surface area contributed by atoms with Crippen LogP contribution in [0.25, 0.3) is 0 Å². The van der Waals surface area contributed by atoms with E-state index in [0.717, 1.165) is 10.9 Å². The monoisotopic (exact) mass is 317 g/mol. The van der Waals surface area contributed by atoms with Crippen molar-refractivity contribution in [1.82, 2.24) is 0 Å². The highest BCUT2D eigenvalue weighted by atomic mass is 127. The van der Waals surface area contributed by atoms with Gasteiger partial charge in [0.15, 0.2) is 5.12 Å².